The molecule has 0 spiro atoms. The van der Waals surface area contributed by atoms with Gasteiger partial charge in [-0.3, -0.25) is 14.9 Å². The van der Waals surface area contributed by atoms with Gasteiger partial charge in [-0.2, -0.15) is 0 Å². The first-order valence-electron chi connectivity index (χ1n) is 8.78. The minimum atomic E-state index is -4.23. The van der Waals surface area contributed by atoms with Crippen molar-refractivity contribution in [2.24, 2.45) is 5.73 Å². The van der Waals surface area contributed by atoms with Crippen LogP contribution >= 0.6 is 46.1 Å². The van der Waals surface area contributed by atoms with E-state index in [0.29, 0.717) is 6.42 Å². The fraction of sp³-hybridized carbons (Fsp3) is 0.235. The highest BCUT2D eigenvalue weighted by Gasteiger charge is 2.26. The van der Waals surface area contributed by atoms with Crippen LogP contribution in [0.25, 0.3) is 0 Å². The molecule has 15 heteroatoms. The van der Waals surface area contributed by atoms with Crippen molar-refractivity contribution in [3.8, 4) is 0 Å². The average Bonchev–Trinajstić information content (AvgIpc) is 3.13. The number of aliphatic carboxylic acids is 1. The average molecular weight is 543 g/mol. The third-order valence-electron chi connectivity index (χ3n) is 3.97. The molecule has 32 heavy (non-hydrogen) atoms. The van der Waals surface area contributed by atoms with Crippen LogP contribution in [-0.4, -0.2) is 43.9 Å². The Morgan fingerprint density at radius 3 is 2.47 bits per heavy atom. The van der Waals surface area contributed by atoms with E-state index >= 15 is 0 Å². The third kappa shape index (κ3) is 6.87. The van der Waals surface area contributed by atoms with Crippen LogP contribution in [0.5, 0.6) is 0 Å². The summed E-state index contributed by atoms with van der Waals surface area (Å²) in [6, 6.07) is 2.39. The zero-order valence-electron chi connectivity index (χ0n) is 16.1. The van der Waals surface area contributed by atoms with Crippen molar-refractivity contribution in [1.29, 1.82) is 5.41 Å². The van der Waals surface area contributed by atoms with Gasteiger partial charge in [-0.05, 0) is 36.4 Å². The molecule has 0 bridgehead atoms. The van der Waals surface area contributed by atoms with Crippen LogP contribution in [0, 0.1) is 5.41 Å². The number of anilines is 1. The van der Waals surface area contributed by atoms with E-state index in [1.54, 1.807) is 0 Å². The van der Waals surface area contributed by atoms with E-state index in [1.165, 1.54) is 17.5 Å². The number of thiophene rings is 1. The molecule has 0 saturated heterocycles. The number of halogens is 3. The minimum absolute atomic E-state index is 0.0247. The third-order valence-corrected chi connectivity index (χ3v) is 7.43. The SMILES string of the molecule is N=C(N)NCCC[C@H](NC(=O)c1sccc1NS(=O)(=O)c1cc(Cl)c(Cl)cc1Cl)C(=O)O. The number of hydrogen-bond donors (Lipinski definition) is 6. The van der Waals surface area contributed by atoms with Crippen LogP contribution in [0.2, 0.25) is 15.1 Å². The number of benzene rings is 1. The molecule has 174 valence electrons. The Bertz CT molecular complexity index is 1140. The number of hydrogen-bond acceptors (Lipinski definition) is 6. The molecule has 0 fully saturated rings. The number of carbonyl (C=O) groups is 2. The number of carbonyl (C=O) groups excluding carboxylic acids is 1. The summed E-state index contributed by atoms with van der Waals surface area (Å²) in [5.41, 5.74) is 5.10. The Hall–Kier alpha value is -2.25. The Labute approximate surface area is 202 Å². The molecule has 1 atom stereocenters. The van der Waals surface area contributed by atoms with Gasteiger partial charge in [-0.25, -0.2) is 13.2 Å². The van der Waals surface area contributed by atoms with Crippen LogP contribution in [-0.2, 0) is 14.8 Å². The molecular formula is C17H18Cl3N5O5S2. The molecule has 0 aliphatic heterocycles. The van der Waals surface area contributed by atoms with E-state index in [9.17, 15) is 23.1 Å². The summed E-state index contributed by atoms with van der Waals surface area (Å²) in [6.07, 6.45) is 0.378. The Morgan fingerprint density at radius 1 is 1.19 bits per heavy atom. The van der Waals surface area contributed by atoms with Gasteiger partial charge in [0.2, 0.25) is 0 Å². The lowest BCUT2D eigenvalue weighted by Crippen LogP contribution is -2.41. The van der Waals surface area contributed by atoms with Gasteiger partial charge >= 0.3 is 5.97 Å². The van der Waals surface area contributed by atoms with Gasteiger partial charge in [-0.15, -0.1) is 11.3 Å². The van der Waals surface area contributed by atoms with Gasteiger partial charge in [0.15, 0.2) is 5.96 Å². The van der Waals surface area contributed by atoms with Gasteiger partial charge in [0.1, 0.15) is 15.8 Å². The second kappa shape index (κ2) is 11.1. The highest BCUT2D eigenvalue weighted by Crippen LogP contribution is 2.33. The monoisotopic (exact) mass is 541 g/mol. The van der Waals surface area contributed by atoms with Crippen LogP contribution in [0.3, 0.4) is 0 Å². The molecule has 2 aromatic rings. The van der Waals surface area contributed by atoms with Crippen molar-refractivity contribution < 1.29 is 23.1 Å². The number of carboxylic acid groups (broad SMARTS) is 1. The fourth-order valence-corrected chi connectivity index (χ4v) is 5.38. The predicted octanol–water partition coefficient (Wildman–Crippen LogP) is 2.96. The summed E-state index contributed by atoms with van der Waals surface area (Å²) in [5, 5.41) is 22.7. The maximum Gasteiger partial charge on any atom is 0.326 e. The van der Waals surface area contributed by atoms with Gasteiger partial charge in [0.05, 0.1) is 20.8 Å². The number of guanidine groups is 1. The van der Waals surface area contributed by atoms with Crippen LogP contribution in [0.15, 0.2) is 28.5 Å². The van der Waals surface area contributed by atoms with E-state index in [2.05, 4.69) is 15.4 Å². The van der Waals surface area contributed by atoms with Crippen molar-refractivity contribution >= 4 is 79.7 Å². The molecule has 10 nitrogen and oxygen atoms in total. The lowest BCUT2D eigenvalue weighted by atomic mass is 10.1. The summed E-state index contributed by atoms with van der Waals surface area (Å²) in [5.74, 6) is -2.29. The topological polar surface area (TPSA) is 174 Å². The molecule has 0 unspecified atom stereocenters. The normalized spacial score (nSPS) is 12.1. The van der Waals surface area contributed by atoms with E-state index in [1.807, 2.05) is 0 Å². The van der Waals surface area contributed by atoms with Crippen molar-refractivity contribution in [3.05, 3.63) is 43.5 Å². The zero-order chi connectivity index (χ0) is 24.1. The Kier molecular flexibility index (Phi) is 8.98. The molecule has 1 aromatic heterocycles. The maximum absolute atomic E-state index is 12.8. The minimum Gasteiger partial charge on any atom is -0.480 e. The number of rotatable bonds is 10. The number of amides is 1. The van der Waals surface area contributed by atoms with Gasteiger partial charge < -0.3 is 21.5 Å². The number of sulfonamides is 1. The first kappa shape index (κ1) is 26.0. The second-order valence-electron chi connectivity index (χ2n) is 6.31. The van der Waals surface area contributed by atoms with Crippen molar-refractivity contribution in [3.63, 3.8) is 0 Å². The first-order valence-corrected chi connectivity index (χ1v) is 12.3. The van der Waals surface area contributed by atoms with E-state index in [-0.39, 0.29) is 49.5 Å². The quantitative estimate of drug-likeness (QED) is 0.116. The van der Waals surface area contributed by atoms with Crippen molar-refractivity contribution in [2.45, 2.75) is 23.8 Å². The molecule has 7 N–H and O–H groups in total. The molecule has 0 aliphatic carbocycles. The zero-order valence-corrected chi connectivity index (χ0v) is 20.0. The van der Waals surface area contributed by atoms with E-state index < -0.39 is 27.9 Å². The summed E-state index contributed by atoms with van der Waals surface area (Å²) in [6.45, 7) is 0.253. The largest absolute Gasteiger partial charge is 0.480 e. The predicted molar refractivity (Wildman–Crippen MR) is 125 cm³/mol. The summed E-state index contributed by atoms with van der Waals surface area (Å²) >= 11 is 18.6. The van der Waals surface area contributed by atoms with Gasteiger partial charge in [0.25, 0.3) is 15.9 Å². The van der Waals surface area contributed by atoms with Crippen LogP contribution in [0.1, 0.15) is 22.5 Å². The van der Waals surface area contributed by atoms with Gasteiger partial charge in [-0.1, -0.05) is 34.8 Å². The molecule has 1 aromatic carbocycles. The van der Waals surface area contributed by atoms with E-state index in [4.69, 9.17) is 45.9 Å². The molecule has 0 saturated carbocycles. The number of nitrogens with one attached hydrogen (secondary N) is 4. The summed E-state index contributed by atoms with van der Waals surface area (Å²) in [7, 11) is -4.23. The molecular weight excluding hydrogens is 525 g/mol. The summed E-state index contributed by atoms with van der Waals surface area (Å²) < 4.78 is 27.8. The lowest BCUT2D eigenvalue weighted by Gasteiger charge is -2.15. The fourth-order valence-electron chi connectivity index (χ4n) is 2.49. The van der Waals surface area contributed by atoms with Crippen LogP contribution in [0.4, 0.5) is 5.69 Å². The maximum atomic E-state index is 12.8. The smallest absolute Gasteiger partial charge is 0.326 e. The standard InChI is InChI=1S/C17H18Cl3N5O5S2/c18-8-6-10(20)13(7-9(8)19)32(29,30)25-11-3-5-31-14(11)15(26)24-12(16(27)28)2-1-4-23-17(21)22/h3,5-7,12,25H,1-2,4H2,(H,24,26)(H,27,28)(H4,21,22,23)/t12-/m0/s1. The summed E-state index contributed by atoms with van der Waals surface area (Å²) in [4.78, 5) is 23.7. The molecule has 1 heterocycles. The molecule has 0 radical (unpaired) electrons. The molecule has 1 amide bonds. The Balaban J connectivity index is 2.16. The number of carboxylic acids is 1. The van der Waals surface area contributed by atoms with Gasteiger partial charge in [0, 0.05) is 6.54 Å². The first-order chi connectivity index (χ1) is 14.9. The molecule has 2 rings (SSSR count). The lowest BCUT2D eigenvalue weighted by molar-refractivity contribution is -0.139. The number of nitrogens with two attached hydrogens (primary N) is 1. The second-order valence-corrected chi connectivity index (χ2v) is 10.1. The molecule has 0 aliphatic rings. The van der Waals surface area contributed by atoms with Crippen LogP contribution < -0.4 is 21.1 Å². The highest BCUT2D eigenvalue weighted by atomic mass is 35.5. The van der Waals surface area contributed by atoms with E-state index in [0.717, 1.165) is 17.4 Å². The highest BCUT2D eigenvalue weighted by molar-refractivity contribution is 7.92. The van der Waals surface area contributed by atoms with Crippen molar-refractivity contribution in [1.82, 2.24) is 10.6 Å². The van der Waals surface area contributed by atoms with Crippen molar-refractivity contribution in [2.75, 3.05) is 11.3 Å². The Morgan fingerprint density at radius 2 is 1.84 bits per heavy atom.